The Bertz CT molecular complexity index is 522. The van der Waals surface area contributed by atoms with E-state index in [1.807, 2.05) is 0 Å². The molecule has 22 heavy (non-hydrogen) atoms. The number of nitrogens with zero attached hydrogens (tertiary/aromatic N) is 1. The van der Waals surface area contributed by atoms with E-state index in [9.17, 15) is 14.7 Å². The van der Waals surface area contributed by atoms with E-state index >= 15 is 0 Å². The smallest absolute Gasteiger partial charge is 0.244 e. The summed E-state index contributed by atoms with van der Waals surface area (Å²) in [7, 11) is 0. The molecule has 2 atom stereocenters. The molecule has 1 aromatic heterocycles. The third kappa shape index (κ3) is 4.73. The van der Waals surface area contributed by atoms with Crippen LogP contribution in [0.5, 0.6) is 0 Å². The molecule has 6 heteroatoms. The average molecular weight is 306 g/mol. The van der Waals surface area contributed by atoms with E-state index in [-0.39, 0.29) is 30.3 Å². The van der Waals surface area contributed by atoms with Crippen molar-refractivity contribution in [3.63, 3.8) is 0 Å². The second-order valence-corrected chi connectivity index (χ2v) is 5.52. The molecular formula is C16H22N2O4. The number of aliphatic hydroxyl groups is 1. The first-order valence-corrected chi connectivity index (χ1v) is 7.51. The van der Waals surface area contributed by atoms with Crippen molar-refractivity contribution in [3.8, 4) is 0 Å². The van der Waals surface area contributed by atoms with Gasteiger partial charge in [-0.1, -0.05) is 0 Å². The van der Waals surface area contributed by atoms with Gasteiger partial charge in [-0.2, -0.15) is 0 Å². The van der Waals surface area contributed by atoms with Crippen LogP contribution in [-0.4, -0.2) is 47.6 Å². The molecule has 1 aliphatic heterocycles. The zero-order chi connectivity index (χ0) is 15.9. The summed E-state index contributed by atoms with van der Waals surface area (Å²) in [6.07, 6.45) is 5.21. The summed E-state index contributed by atoms with van der Waals surface area (Å²) >= 11 is 0. The Labute approximate surface area is 129 Å². The summed E-state index contributed by atoms with van der Waals surface area (Å²) in [5.74, 6) is 0.521. The van der Waals surface area contributed by atoms with Crippen molar-refractivity contribution in [2.24, 2.45) is 5.92 Å². The first kappa shape index (κ1) is 16.3. The molecule has 0 radical (unpaired) electrons. The van der Waals surface area contributed by atoms with E-state index < -0.39 is 0 Å². The molecule has 0 aliphatic carbocycles. The molecule has 2 N–H and O–H groups in total. The number of nitrogens with one attached hydrogen (secondary N) is 1. The first-order valence-electron chi connectivity index (χ1n) is 7.51. The SMILES string of the molecule is CC(O)C1CCN(C(=O)CCNC(=O)/C=C/c2ccco2)C1. The minimum atomic E-state index is -0.385. The van der Waals surface area contributed by atoms with Gasteiger partial charge >= 0.3 is 0 Å². The van der Waals surface area contributed by atoms with Crippen LogP contribution in [0.3, 0.4) is 0 Å². The van der Waals surface area contributed by atoms with Crippen LogP contribution in [0, 0.1) is 5.92 Å². The zero-order valence-electron chi connectivity index (χ0n) is 12.7. The minimum absolute atomic E-state index is 0.0125. The van der Waals surface area contributed by atoms with E-state index in [1.54, 1.807) is 30.0 Å². The Morgan fingerprint density at radius 2 is 2.41 bits per heavy atom. The molecule has 0 bridgehead atoms. The van der Waals surface area contributed by atoms with E-state index in [2.05, 4.69) is 5.32 Å². The van der Waals surface area contributed by atoms with Crippen LogP contribution in [0.1, 0.15) is 25.5 Å². The lowest BCUT2D eigenvalue weighted by atomic mass is 10.0. The van der Waals surface area contributed by atoms with Crippen molar-refractivity contribution in [1.82, 2.24) is 10.2 Å². The highest BCUT2D eigenvalue weighted by atomic mass is 16.3. The second-order valence-electron chi connectivity index (χ2n) is 5.52. The van der Waals surface area contributed by atoms with Crippen LogP contribution in [0.2, 0.25) is 0 Å². The van der Waals surface area contributed by atoms with Crippen molar-refractivity contribution in [2.75, 3.05) is 19.6 Å². The van der Waals surface area contributed by atoms with Gasteiger partial charge in [-0.15, -0.1) is 0 Å². The van der Waals surface area contributed by atoms with Crippen LogP contribution in [-0.2, 0) is 9.59 Å². The Morgan fingerprint density at radius 1 is 1.59 bits per heavy atom. The topological polar surface area (TPSA) is 82.8 Å². The number of carbonyl (C=O) groups excluding carboxylic acids is 2. The lowest BCUT2D eigenvalue weighted by Gasteiger charge is -2.17. The molecule has 2 amide bonds. The van der Waals surface area contributed by atoms with Crippen molar-refractivity contribution in [1.29, 1.82) is 0 Å². The van der Waals surface area contributed by atoms with Crippen molar-refractivity contribution < 1.29 is 19.1 Å². The standard InChI is InChI=1S/C16H22N2O4/c1-12(19)13-7-9-18(11-13)16(21)6-8-17-15(20)5-4-14-3-2-10-22-14/h2-5,10,12-13,19H,6-9,11H2,1H3,(H,17,20)/b5-4+. The largest absolute Gasteiger partial charge is 0.465 e. The third-order valence-corrected chi connectivity index (χ3v) is 3.84. The van der Waals surface area contributed by atoms with E-state index in [0.29, 0.717) is 25.4 Å². The van der Waals surface area contributed by atoms with Crippen LogP contribution in [0.15, 0.2) is 28.9 Å². The normalized spacial score (nSPS) is 19.5. The maximum Gasteiger partial charge on any atom is 0.244 e. The fourth-order valence-electron chi connectivity index (χ4n) is 2.46. The molecule has 1 aliphatic rings. The molecule has 2 heterocycles. The van der Waals surface area contributed by atoms with Crippen LogP contribution >= 0.6 is 0 Å². The number of hydrogen-bond donors (Lipinski definition) is 2. The van der Waals surface area contributed by atoms with Crippen molar-refractivity contribution in [3.05, 3.63) is 30.2 Å². The number of likely N-dealkylation sites (tertiary alicyclic amines) is 1. The number of furan rings is 1. The minimum Gasteiger partial charge on any atom is -0.465 e. The Balaban J connectivity index is 1.66. The Hall–Kier alpha value is -2.08. The fourth-order valence-corrected chi connectivity index (χ4v) is 2.46. The van der Waals surface area contributed by atoms with Gasteiger partial charge in [0.05, 0.1) is 12.4 Å². The van der Waals surface area contributed by atoms with Gasteiger partial charge in [-0.05, 0) is 31.6 Å². The van der Waals surface area contributed by atoms with Crippen LogP contribution < -0.4 is 5.32 Å². The molecular weight excluding hydrogens is 284 g/mol. The van der Waals surface area contributed by atoms with E-state index in [0.717, 1.165) is 6.42 Å². The molecule has 0 saturated carbocycles. The fraction of sp³-hybridized carbons (Fsp3) is 0.500. The summed E-state index contributed by atoms with van der Waals surface area (Å²) < 4.78 is 5.08. The number of amides is 2. The molecule has 1 fully saturated rings. The van der Waals surface area contributed by atoms with Crippen molar-refractivity contribution in [2.45, 2.75) is 25.9 Å². The maximum absolute atomic E-state index is 12.0. The molecule has 0 aromatic carbocycles. The summed E-state index contributed by atoms with van der Waals surface area (Å²) in [5, 5.41) is 12.2. The summed E-state index contributed by atoms with van der Waals surface area (Å²) in [6.45, 7) is 3.34. The van der Waals surface area contributed by atoms with Crippen molar-refractivity contribution >= 4 is 17.9 Å². The average Bonchev–Trinajstić information content (AvgIpc) is 3.16. The highest BCUT2D eigenvalue weighted by Gasteiger charge is 2.28. The predicted molar refractivity (Wildman–Crippen MR) is 81.7 cm³/mol. The number of hydrogen-bond acceptors (Lipinski definition) is 4. The Kier molecular flexibility index (Phi) is 5.77. The van der Waals surface area contributed by atoms with Gasteiger partial charge in [0.15, 0.2) is 0 Å². The maximum atomic E-state index is 12.0. The summed E-state index contributed by atoms with van der Waals surface area (Å²) in [4.78, 5) is 25.3. The monoisotopic (exact) mass is 306 g/mol. The quantitative estimate of drug-likeness (QED) is 0.769. The van der Waals surface area contributed by atoms with Crippen LogP contribution in [0.4, 0.5) is 0 Å². The number of aliphatic hydroxyl groups excluding tert-OH is 1. The van der Waals surface area contributed by atoms with Gasteiger partial charge in [0.2, 0.25) is 11.8 Å². The number of carbonyl (C=O) groups is 2. The molecule has 6 nitrogen and oxygen atoms in total. The summed E-state index contributed by atoms with van der Waals surface area (Å²) in [6, 6.07) is 3.49. The molecule has 1 aromatic rings. The highest BCUT2D eigenvalue weighted by molar-refractivity contribution is 5.91. The molecule has 1 saturated heterocycles. The second kappa shape index (κ2) is 7.79. The molecule has 2 rings (SSSR count). The van der Waals surface area contributed by atoms with Crippen LogP contribution in [0.25, 0.3) is 6.08 Å². The van der Waals surface area contributed by atoms with Gasteiger partial charge in [-0.25, -0.2) is 0 Å². The third-order valence-electron chi connectivity index (χ3n) is 3.84. The van der Waals surface area contributed by atoms with Gasteiger partial charge in [0.1, 0.15) is 5.76 Å². The lowest BCUT2D eigenvalue weighted by molar-refractivity contribution is -0.130. The first-order chi connectivity index (χ1) is 10.6. The van der Waals surface area contributed by atoms with Gasteiger partial charge in [0.25, 0.3) is 0 Å². The molecule has 2 unspecified atom stereocenters. The van der Waals surface area contributed by atoms with Gasteiger partial charge < -0.3 is 19.7 Å². The van der Waals surface area contributed by atoms with E-state index in [4.69, 9.17) is 4.42 Å². The van der Waals surface area contributed by atoms with E-state index in [1.165, 1.54) is 12.3 Å². The predicted octanol–water partition coefficient (Wildman–Crippen LogP) is 1.03. The highest BCUT2D eigenvalue weighted by Crippen LogP contribution is 2.19. The molecule has 120 valence electrons. The van der Waals surface area contributed by atoms with Gasteiger partial charge in [0, 0.05) is 38.0 Å². The lowest BCUT2D eigenvalue weighted by Crippen LogP contribution is -2.33. The zero-order valence-corrected chi connectivity index (χ0v) is 12.7. The molecule has 0 spiro atoms. The summed E-state index contributed by atoms with van der Waals surface area (Å²) in [5.41, 5.74) is 0. The van der Waals surface area contributed by atoms with Gasteiger partial charge in [-0.3, -0.25) is 9.59 Å². The Morgan fingerprint density at radius 3 is 3.05 bits per heavy atom. The number of rotatable bonds is 6.